The Hall–Kier alpha value is -1.31. The Balaban J connectivity index is 1.87. The van der Waals surface area contributed by atoms with Gasteiger partial charge in [-0.2, -0.15) is 0 Å². The van der Waals surface area contributed by atoms with Crippen LogP contribution in [0.2, 0.25) is 0 Å². The smallest absolute Gasteiger partial charge is 0.146 e. The van der Waals surface area contributed by atoms with E-state index in [2.05, 4.69) is 17.5 Å². The predicted molar refractivity (Wildman–Crippen MR) is 61.4 cm³/mol. The average Bonchev–Trinajstić information content (AvgIpc) is 2.29. The fraction of sp³-hybridized carbons (Fsp3) is 0.385. The summed E-state index contributed by atoms with van der Waals surface area (Å²) in [5, 5.41) is 3.17. The number of benzene rings is 1. The Morgan fingerprint density at radius 2 is 2.13 bits per heavy atom. The molecule has 15 heavy (non-hydrogen) atoms. The van der Waals surface area contributed by atoms with Gasteiger partial charge in [0.1, 0.15) is 5.82 Å². The van der Waals surface area contributed by atoms with Crippen molar-refractivity contribution in [1.82, 2.24) is 0 Å². The van der Waals surface area contributed by atoms with Crippen LogP contribution in [0.15, 0.2) is 36.4 Å². The number of hydrogen-bond donors (Lipinski definition) is 1. The quantitative estimate of drug-likeness (QED) is 0.743. The van der Waals surface area contributed by atoms with E-state index >= 15 is 0 Å². The van der Waals surface area contributed by atoms with Gasteiger partial charge in [0, 0.05) is 6.54 Å². The Morgan fingerprint density at radius 1 is 1.27 bits per heavy atom. The number of rotatable bonds is 3. The second-order valence-electron chi connectivity index (χ2n) is 4.01. The van der Waals surface area contributed by atoms with E-state index in [1.54, 1.807) is 12.1 Å². The van der Waals surface area contributed by atoms with Crippen molar-refractivity contribution in [3.8, 4) is 0 Å². The molecule has 1 aliphatic carbocycles. The highest BCUT2D eigenvalue weighted by Gasteiger charge is 2.10. The van der Waals surface area contributed by atoms with Crippen LogP contribution in [-0.2, 0) is 0 Å². The van der Waals surface area contributed by atoms with Gasteiger partial charge in [-0.05, 0) is 37.3 Å². The zero-order valence-corrected chi connectivity index (χ0v) is 8.75. The van der Waals surface area contributed by atoms with Gasteiger partial charge in [-0.15, -0.1) is 0 Å². The zero-order chi connectivity index (χ0) is 10.5. The average molecular weight is 205 g/mol. The van der Waals surface area contributed by atoms with E-state index < -0.39 is 0 Å². The summed E-state index contributed by atoms with van der Waals surface area (Å²) in [5.74, 6) is 0.485. The van der Waals surface area contributed by atoms with Crippen molar-refractivity contribution < 1.29 is 4.39 Å². The Kier molecular flexibility index (Phi) is 3.38. The molecule has 1 nitrogen and oxygen atoms in total. The van der Waals surface area contributed by atoms with Gasteiger partial charge < -0.3 is 5.32 Å². The molecule has 1 unspecified atom stereocenters. The molecular formula is C13H16FN. The second kappa shape index (κ2) is 4.96. The maximum Gasteiger partial charge on any atom is 0.146 e. The lowest BCUT2D eigenvalue weighted by Gasteiger charge is -2.18. The van der Waals surface area contributed by atoms with Gasteiger partial charge in [0.15, 0.2) is 0 Å². The summed E-state index contributed by atoms with van der Waals surface area (Å²) >= 11 is 0. The summed E-state index contributed by atoms with van der Waals surface area (Å²) in [7, 11) is 0. The summed E-state index contributed by atoms with van der Waals surface area (Å²) in [5.41, 5.74) is 0.618. The minimum Gasteiger partial charge on any atom is -0.382 e. The molecule has 0 heterocycles. The van der Waals surface area contributed by atoms with E-state index in [4.69, 9.17) is 0 Å². The summed E-state index contributed by atoms with van der Waals surface area (Å²) in [6.45, 7) is 0.866. The van der Waals surface area contributed by atoms with E-state index in [1.807, 2.05) is 6.07 Å². The van der Waals surface area contributed by atoms with Crippen molar-refractivity contribution >= 4 is 5.69 Å². The lowest BCUT2D eigenvalue weighted by atomic mass is 9.94. The molecule has 0 saturated heterocycles. The number of anilines is 1. The highest BCUT2D eigenvalue weighted by atomic mass is 19.1. The van der Waals surface area contributed by atoms with Crippen LogP contribution in [0, 0.1) is 11.7 Å². The molecule has 80 valence electrons. The molecule has 1 atom stereocenters. The molecule has 0 radical (unpaired) electrons. The molecule has 0 amide bonds. The summed E-state index contributed by atoms with van der Waals surface area (Å²) < 4.78 is 13.3. The molecule has 0 spiro atoms. The second-order valence-corrected chi connectivity index (χ2v) is 4.01. The fourth-order valence-corrected chi connectivity index (χ4v) is 1.90. The third kappa shape index (κ3) is 2.82. The molecular weight excluding hydrogens is 189 g/mol. The van der Waals surface area contributed by atoms with Crippen molar-refractivity contribution in [3.63, 3.8) is 0 Å². The van der Waals surface area contributed by atoms with Gasteiger partial charge in [0.25, 0.3) is 0 Å². The molecule has 0 saturated carbocycles. The topological polar surface area (TPSA) is 12.0 Å². The van der Waals surface area contributed by atoms with Crippen molar-refractivity contribution in [2.45, 2.75) is 19.3 Å². The maximum absolute atomic E-state index is 13.3. The number of hydrogen-bond acceptors (Lipinski definition) is 1. The van der Waals surface area contributed by atoms with Crippen LogP contribution < -0.4 is 5.32 Å². The van der Waals surface area contributed by atoms with Gasteiger partial charge in [-0.1, -0.05) is 24.3 Å². The molecule has 1 aromatic carbocycles. The minimum atomic E-state index is -0.163. The van der Waals surface area contributed by atoms with Crippen molar-refractivity contribution in [1.29, 1.82) is 0 Å². The van der Waals surface area contributed by atoms with Crippen LogP contribution in [0.4, 0.5) is 10.1 Å². The molecule has 0 fully saturated rings. The van der Waals surface area contributed by atoms with Crippen LogP contribution in [-0.4, -0.2) is 6.54 Å². The normalized spacial score (nSPS) is 20.2. The lowest BCUT2D eigenvalue weighted by molar-refractivity contribution is 0.502. The Labute approximate surface area is 90.0 Å². The van der Waals surface area contributed by atoms with Crippen LogP contribution in [0.3, 0.4) is 0 Å². The van der Waals surface area contributed by atoms with Gasteiger partial charge in [-0.25, -0.2) is 4.39 Å². The van der Waals surface area contributed by atoms with Crippen LogP contribution in [0.25, 0.3) is 0 Å². The molecule has 1 aromatic rings. The van der Waals surface area contributed by atoms with Crippen molar-refractivity contribution in [2.75, 3.05) is 11.9 Å². The summed E-state index contributed by atoms with van der Waals surface area (Å²) in [6, 6.07) is 6.84. The monoisotopic (exact) mass is 205 g/mol. The Morgan fingerprint density at radius 3 is 2.87 bits per heavy atom. The molecule has 1 N–H and O–H groups in total. The van der Waals surface area contributed by atoms with E-state index in [9.17, 15) is 4.39 Å². The zero-order valence-electron chi connectivity index (χ0n) is 8.75. The minimum absolute atomic E-state index is 0.163. The molecule has 1 aliphatic rings. The molecule has 2 rings (SSSR count). The van der Waals surface area contributed by atoms with Gasteiger partial charge in [-0.3, -0.25) is 0 Å². The number of allylic oxidation sites excluding steroid dienone is 2. The first-order valence-corrected chi connectivity index (χ1v) is 5.49. The predicted octanol–water partition coefficient (Wildman–Crippen LogP) is 3.59. The standard InChI is InChI=1S/C13H16FN/c14-12-8-4-5-9-13(12)15-10-11-6-2-1-3-7-11/h1-2,4-5,8-9,11,15H,3,6-7,10H2. The van der Waals surface area contributed by atoms with Gasteiger partial charge >= 0.3 is 0 Å². The summed E-state index contributed by atoms with van der Waals surface area (Å²) in [4.78, 5) is 0. The highest BCUT2D eigenvalue weighted by molar-refractivity contribution is 5.44. The first kappa shape index (κ1) is 10.2. The van der Waals surface area contributed by atoms with Gasteiger partial charge in [0.05, 0.1) is 5.69 Å². The first-order valence-electron chi connectivity index (χ1n) is 5.49. The van der Waals surface area contributed by atoms with Crippen LogP contribution in [0.1, 0.15) is 19.3 Å². The molecule has 0 aromatic heterocycles. The largest absolute Gasteiger partial charge is 0.382 e. The highest BCUT2D eigenvalue weighted by Crippen LogP contribution is 2.20. The lowest BCUT2D eigenvalue weighted by Crippen LogP contribution is -2.15. The van der Waals surface area contributed by atoms with E-state index in [1.165, 1.54) is 12.5 Å². The number of nitrogens with one attached hydrogen (secondary N) is 1. The number of para-hydroxylation sites is 1. The van der Waals surface area contributed by atoms with Crippen LogP contribution >= 0.6 is 0 Å². The van der Waals surface area contributed by atoms with E-state index in [-0.39, 0.29) is 5.82 Å². The van der Waals surface area contributed by atoms with E-state index in [0.29, 0.717) is 11.6 Å². The fourth-order valence-electron chi connectivity index (χ4n) is 1.90. The molecule has 2 heteroatoms. The molecule has 0 aliphatic heterocycles. The maximum atomic E-state index is 13.3. The summed E-state index contributed by atoms with van der Waals surface area (Å²) in [6.07, 6.45) is 7.92. The number of halogens is 1. The Bertz CT molecular complexity index is 346. The van der Waals surface area contributed by atoms with Gasteiger partial charge in [0.2, 0.25) is 0 Å². The molecule has 0 bridgehead atoms. The van der Waals surface area contributed by atoms with Crippen LogP contribution in [0.5, 0.6) is 0 Å². The van der Waals surface area contributed by atoms with Crippen molar-refractivity contribution in [3.05, 3.63) is 42.2 Å². The third-order valence-corrected chi connectivity index (χ3v) is 2.83. The van der Waals surface area contributed by atoms with E-state index in [0.717, 1.165) is 19.4 Å². The first-order chi connectivity index (χ1) is 7.36. The SMILES string of the molecule is Fc1ccccc1NCC1CC=CCC1. The third-order valence-electron chi connectivity index (χ3n) is 2.83. The van der Waals surface area contributed by atoms with Crippen molar-refractivity contribution in [2.24, 2.45) is 5.92 Å².